The highest BCUT2D eigenvalue weighted by molar-refractivity contribution is 7.11. The molecule has 1 atom stereocenters. The van der Waals surface area contributed by atoms with Crippen molar-refractivity contribution >= 4 is 11.3 Å². The summed E-state index contributed by atoms with van der Waals surface area (Å²) >= 11 is 1.50. The summed E-state index contributed by atoms with van der Waals surface area (Å²) in [7, 11) is 0. The maximum atomic E-state index is 13.1. The van der Waals surface area contributed by atoms with Gasteiger partial charge in [0.2, 0.25) is 0 Å². The first-order chi connectivity index (χ1) is 9.60. The highest BCUT2D eigenvalue weighted by Gasteiger charge is 2.12. The molecule has 0 aliphatic heterocycles. The molecule has 0 aliphatic rings. The van der Waals surface area contributed by atoms with E-state index in [4.69, 9.17) is 0 Å². The summed E-state index contributed by atoms with van der Waals surface area (Å²) in [5, 5.41) is 13.3. The van der Waals surface area contributed by atoms with Gasteiger partial charge in [0.25, 0.3) is 0 Å². The molecule has 1 heterocycles. The molecule has 0 saturated carbocycles. The molecule has 108 valence electrons. The van der Waals surface area contributed by atoms with Gasteiger partial charge in [-0.3, -0.25) is 0 Å². The number of hydrogen-bond acceptors (Lipinski definition) is 4. The average Bonchev–Trinajstić information content (AvgIpc) is 2.89. The van der Waals surface area contributed by atoms with Crippen molar-refractivity contribution in [2.75, 3.05) is 6.54 Å². The molecule has 0 amide bonds. The van der Waals surface area contributed by atoms with E-state index in [9.17, 15) is 8.78 Å². The van der Waals surface area contributed by atoms with Crippen molar-refractivity contribution in [2.24, 2.45) is 0 Å². The molecule has 0 aliphatic carbocycles. The van der Waals surface area contributed by atoms with Crippen LogP contribution in [0.4, 0.5) is 8.78 Å². The lowest BCUT2D eigenvalue weighted by Crippen LogP contribution is -2.18. The van der Waals surface area contributed by atoms with Crippen LogP contribution in [0.2, 0.25) is 0 Å². The van der Waals surface area contributed by atoms with Crippen molar-refractivity contribution in [1.82, 2.24) is 15.5 Å². The predicted molar refractivity (Wildman–Crippen MR) is 75.8 cm³/mol. The molecule has 0 bridgehead atoms. The van der Waals surface area contributed by atoms with E-state index in [1.165, 1.54) is 17.4 Å². The van der Waals surface area contributed by atoms with Crippen molar-refractivity contribution in [3.8, 4) is 0 Å². The van der Waals surface area contributed by atoms with Crippen molar-refractivity contribution in [2.45, 2.75) is 32.7 Å². The van der Waals surface area contributed by atoms with Gasteiger partial charge in [-0.1, -0.05) is 24.3 Å². The summed E-state index contributed by atoms with van der Waals surface area (Å²) in [4.78, 5) is 0. The topological polar surface area (TPSA) is 37.8 Å². The van der Waals surface area contributed by atoms with Gasteiger partial charge < -0.3 is 5.32 Å². The monoisotopic (exact) mass is 297 g/mol. The van der Waals surface area contributed by atoms with Crippen LogP contribution in [0.1, 0.15) is 41.9 Å². The van der Waals surface area contributed by atoms with Gasteiger partial charge in [-0.25, -0.2) is 8.78 Å². The molecule has 1 aromatic heterocycles. The highest BCUT2D eigenvalue weighted by atomic mass is 32.1. The Hall–Kier alpha value is -1.40. The third-order valence-corrected chi connectivity index (χ3v) is 4.00. The zero-order valence-corrected chi connectivity index (χ0v) is 12.3. The molecule has 0 spiro atoms. The highest BCUT2D eigenvalue weighted by Crippen LogP contribution is 2.20. The minimum atomic E-state index is -0.830. The second-order valence-corrected chi connectivity index (χ2v) is 5.73. The van der Waals surface area contributed by atoms with Crippen molar-refractivity contribution in [3.63, 3.8) is 0 Å². The lowest BCUT2D eigenvalue weighted by molar-refractivity contribution is 0.507. The van der Waals surface area contributed by atoms with Gasteiger partial charge >= 0.3 is 0 Å². The van der Waals surface area contributed by atoms with E-state index in [1.807, 2.05) is 6.92 Å². The van der Waals surface area contributed by atoms with E-state index < -0.39 is 11.6 Å². The van der Waals surface area contributed by atoms with Gasteiger partial charge in [0, 0.05) is 6.42 Å². The molecular formula is C14H17F2N3S. The predicted octanol–water partition coefficient (Wildman–Crippen LogP) is 3.47. The van der Waals surface area contributed by atoms with E-state index in [0.717, 1.165) is 29.0 Å². The van der Waals surface area contributed by atoms with Crippen LogP contribution in [0, 0.1) is 11.6 Å². The van der Waals surface area contributed by atoms with Crippen LogP contribution in [0.25, 0.3) is 0 Å². The Morgan fingerprint density at radius 3 is 2.75 bits per heavy atom. The standard InChI is InChI=1S/C14H17F2N3S/c1-3-6-17-9(2)14-19-18-13(20-14)8-10-4-5-11(15)12(16)7-10/h4-5,7,9,17H,3,6,8H2,1-2H3. The zero-order valence-electron chi connectivity index (χ0n) is 11.5. The van der Waals surface area contributed by atoms with Crippen LogP contribution in [0.5, 0.6) is 0 Å². The van der Waals surface area contributed by atoms with Crippen LogP contribution in [0.3, 0.4) is 0 Å². The molecule has 1 aromatic carbocycles. The van der Waals surface area contributed by atoms with Gasteiger partial charge in [-0.05, 0) is 37.6 Å². The van der Waals surface area contributed by atoms with Crippen LogP contribution >= 0.6 is 11.3 Å². The Morgan fingerprint density at radius 2 is 2.05 bits per heavy atom. The fourth-order valence-corrected chi connectivity index (χ4v) is 2.69. The maximum Gasteiger partial charge on any atom is 0.159 e. The maximum absolute atomic E-state index is 13.1. The van der Waals surface area contributed by atoms with E-state index >= 15 is 0 Å². The Kier molecular flexibility index (Phi) is 5.14. The van der Waals surface area contributed by atoms with Gasteiger partial charge in [0.05, 0.1) is 6.04 Å². The van der Waals surface area contributed by atoms with Crippen LogP contribution in [0.15, 0.2) is 18.2 Å². The SMILES string of the molecule is CCCNC(C)c1nnc(Cc2ccc(F)c(F)c2)s1. The molecule has 2 rings (SSSR count). The smallest absolute Gasteiger partial charge is 0.159 e. The van der Waals surface area contributed by atoms with Crippen molar-refractivity contribution < 1.29 is 8.78 Å². The normalized spacial score (nSPS) is 12.6. The second kappa shape index (κ2) is 6.85. The summed E-state index contributed by atoms with van der Waals surface area (Å²) in [5.41, 5.74) is 0.695. The number of nitrogens with one attached hydrogen (secondary N) is 1. The van der Waals surface area contributed by atoms with Gasteiger partial charge in [0.15, 0.2) is 11.6 Å². The van der Waals surface area contributed by atoms with Gasteiger partial charge in [-0.15, -0.1) is 10.2 Å². The Morgan fingerprint density at radius 1 is 1.25 bits per heavy atom. The first kappa shape index (κ1) is 15.0. The molecule has 6 heteroatoms. The van der Waals surface area contributed by atoms with Gasteiger partial charge in [-0.2, -0.15) is 0 Å². The number of halogens is 2. The van der Waals surface area contributed by atoms with E-state index in [1.54, 1.807) is 6.07 Å². The first-order valence-electron chi connectivity index (χ1n) is 6.59. The third kappa shape index (κ3) is 3.80. The fraction of sp³-hybridized carbons (Fsp3) is 0.429. The largest absolute Gasteiger partial charge is 0.308 e. The lowest BCUT2D eigenvalue weighted by Gasteiger charge is -2.08. The summed E-state index contributed by atoms with van der Waals surface area (Å²) in [6.45, 7) is 5.07. The quantitative estimate of drug-likeness (QED) is 0.887. The molecular weight excluding hydrogens is 280 g/mol. The zero-order chi connectivity index (χ0) is 14.5. The van der Waals surface area contributed by atoms with E-state index in [-0.39, 0.29) is 6.04 Å². The number of hydrogen-bond donors (Lipinski definition) is 1. The summed E-state index contributed by atoms with van der Waals surface area (Å²) in [6.07, 6.45) is 1.53. The Balaban J connectivity index is 2.03. The van der Waals surface area contributed by atoms with E-state index in [2.05, 4.69) is 22.4 Å². The van der Waals surface area contributed by atoms with Crippen LogP contribution in [-0.2, 0) is 6.42 Å². The number of benzene rings is 1. The fourth-order valence-electron chi connectivity index (χ4n) is 1.79. The summed E-state index contributed by atoms with van der Waals surface area (Å²) in [5.74, 6) is -1.66. The summed E-state index contributed by atoms with van der Waals surface area (Å²) in [6, 6.07) is 4.07. The molecule has 0 saturated heterocycles. The second-order valence-electron chi connectivity index (χ2n) is 4.64. The molecule has 20 heavy (non-hydrogen) atoms. The molecule has 3 nitrogen and oxygen atoms in total. The molecule has 2 aromatic rings. The Labute approximate surface area is 121 Å². The van der Waals surface area contributed by atoms with Crippen LogP contribution in [-0.4, -0.2) is 16.7 Å². The first-order valence-corrected chi connectivity index (χ1v) is 7.41. The minimum absolute atomic E-state index is 0.158. The Bertz CT molecular complexity index is 571. The van der Waals surface area contributed by atoms with Crippen molar-refractivity contribution in [1.29, 1.82) is 0 Å². The molecule has 1 unspecified atom stereocenters. The lowest BCUT2D eigenvalue weighted by atomic mass is 10.1. The molecule has 0 fully saturated rings. The number of rotatable bonds is 6. The molecule has 0 radical (unpaired) electrons. The van der Waals surface area contributed by atoms with Gasteiger partial charge in [0.1, 0.15) is 10.0 Å². The number of aromatic nitrogens is 2. The van der Waals surface area contributed by atoms with E-state index in [0.29, 0.717) is 12.0 Å². The van der Waals surface area contributed by atoms with Crippen molar-refractivity contribution in [3.05, 3.63) is 45.4 Å². The minimum Gasteiger partial charge on any atom is -0.308 e. The third-order valence-electron chi connectivity index (χ3n) is 2.89. The molecule has 1 N–H and O–H groups in total. The van der Waals surface area contributed by atoms with Crippen LogP contribution < -0.4 is 5.32 Å². The average molecular weight is 297 g/mol. The number of nitrogens with zero attached hydrogens (tertiary/aromatic N) is 2. The summed E-state index contributed by atoms with van der Waals surface area (Å²) < 4.78 is 26.0.